The molecule has 1 aromatic heterocycles. The highest BCUT2D eigenvalue weighted by molar-refractivity contribution is 5.94. The number of hydrogen-bond donors (Lipinski definition) is 0. The average Bonchev–Trinajstić information content (AvgIpc) is 3.04. The molecule has 2 fully saturated rings. The first-order valence-electron chi connectivity index (χ1n) is 9.40. The van der Waals surface area contributed by atoms with Gasteiger partial charge in [0.05, 0.1) is 18.9 Å². The first-order valence-corrected chi connectivity index (χ1v) is 9.40. The van der Waals surface area contributed by atoms with E-state index in [0.29, 0.717) is 51.4 Å². The summed E-state index contributed by atoms with van der Waals surface area (Å²) >= 11 is 0. The Labute approximate surface area is 155 Å². The number of carbonyl (C=O) groups excluding carboxylic acids is 1. The third-order valence-electron chi connectivity index (χ3n) is 6.22. The van der Waals surface area contributed by atoms with E-state index in [-0.39, 0.29) is 12.3 Å². The molecule has 1 aromatic carbocycles. The third-order valence-corrected chi connectivity index (χ3v) is 6.22. The predicted octanol–water partition coefficient (Wildman–Crippen LogP) is 3.34. The smallest absolute Gasteiger partial charge is 0.274 e. The average molecular weight is 373 g/mol. The first kappa shape index (κ1) is 16.9. The number of imidazole rings is 1. The van der Waals surface area contributed by atoms with Gasteiger partial charge >= 0.3 is 0 Å². The van der Waals surface area contributed by atoms with Gasteiger partial charge in [-0.05, 0) is 12.8 Å². The number of likely N-dealkylation sites (tertiary alicyclic amines) is 1. The summed E-state index contributed by atoms with van der Waals surface area (Å²) in [6, 6.07) is 9.77. The lowest BCUT2D eigenvalue weighted by Gasteiger charge is -2.32. The summed E-state index contributed by atoms with van der Waals surface area (Å²) in [6.07, 6.45) is 0.696. The summed E-state index contributed by atoms with van der Waals surface area (Å²) in [7, 11) is 0. The van der Waals surface area contributed by atoms with Crippen LogP contribution in [0.15, 0.2) is 30.3 Å². The molecule has 1 saturated heterocycles. The van der Waals surface area contributed by atoms with E-state index >= 15 is 0 Å². The van der Waals surface area contributed by atoms with Gasteiger partial charge in [0.2, 0.25) is 0 Å². The number of halogens is 2. The van der Waals surface area contributed by atoms with Crippen molar-refractivity contribution in [1.82, 2.24) is 14.5 Å². The van der Waals surface area contributed by atoms with Crippen molar-refractivity contribution < 1.29 is 18.3 Å². The number of nitrogens with zero attached hydrogens (tertiary/aromatic N) is 3. The van der Waals surface area contributed by atoms with Crippen LogP contribution in [0.5, 0.6) is 0 Å². The van der Waals surface area contributed by atoms with Crippen LogP contribution in [0.2, 0.25) is 0 Å². The molecule has 2 aromatic rings. The van der Waals surface area contributed by atoms with Crippen molar-refractivity contribution >= 4 is 5.91 Å². The highest BCUT2D eigenvalue weighted by Crippen LogP contribution is 2.65. The van der Waals surface area contributed by atoms with Gasteiger partial charge in [0.25, 0.3) is 11.8 Å². The Morgan fingerprint density at radius 1 is 1.11 bits per heavy atom. The Balaban J connectivity index is 1.43. The van der Waals surface area contributed by atoms with Crippen molar-refractivity contribution in [2.24, 2.45) is 5.41 Å². The fraction of sp³-hybridized carbons (Fsp3) is 0.500. The minimum atomic E-state index is -2.55. The second kappa shape index (κ2) is 5.86. The van der Waals surface area contributed by atoms with Crippen molar-refractivity contribution in [3.05, 3.63) is 41.7 Å². The van der Waals surface area contributed by atoms with E-state index in [4.69, 9.17) is 4.74 Å². The maximum absolute atomic E-state index is 13.6. The van der Waals surface area contributed by atoms with E-state index in [1.807, 2.05) is 34.9 Å². The van der Waals surface area contributed by atoms with Gasteiger partial charge in [0.1, 0.15) is 5.82 Å². The van der Waals surface area contributed by atoms with Crippen molar-refractivity contribution in [3.8, 4) is 11.4 Å². The Hall–Kier alpha value is -2.28. The maximum atomic E-state index is 13.6. The fourth-order valence-electron chi connectivity index (χ4n) is 4.39. The third kappa shape index (κ3) is 2.59. The molecule has 5 nitrogen and oxygen atoms in total. The van der Waals surface area contributed by atoms with Crippen LogP contribution in [-0.2, 0) is 17.9 Å². The van der Waals surface area contributed by atoms with Gasteiger partial charge in [-0.15, -0.1) is 0 Å². The largest absolute Gasteiger partial charge is 0.373 e. The lowest BCUT2D eigenvalue weighted by molar-refractivity contribution is 0.0279. The minimum Gasteiger partial charge on any atom is -0.373 e. The lowest BCUT2D eigenvalue weighted by Crippen LogP contribution is -2.41. The SMILES string of the molecule is O=C(c1nc(-c2ccccc2)n2c1COCC2)N1CCC2(CC1)CC2(F)F. The summed E-state index contributed by atoms with van der Waals surface area (Å²) in [6.45, 7) is 2.30. The van der Waals surface area contributed by atoms with Crippen molar-refractivity contribution in [2.75, 3.05) is 19.7 Å². The quantitative estimate of drug-likeness (QED) is 0.811. The molecule has 142 valence electrons. The molecule has 5 rings (SSSR count). The summed E-state index contributed by atoms with van der Waals surface area (Å²) in [5.41, 5.74) is 1.26. The van der Waals surface area contributed by atoms with Crippen molar-refractivity contribution in [3.63, 3.8) is 0 Å². The number of hydrogen-bond acceptors (Lipinski definition) is 3. The summed E-state index contributed by atoms with van der Waals surface area (Å²) < 4.78 is 34.8. The summed E-state index contributed by atoms with van der Waals surface area (Å²) in [5.74, 6) is -1.96. The lowest BCUT2D eigenvalue weighted by atomic mass is 9.92. The number of rotatable bonds is 2. The molecular weight excluding hydrogens is 352 g/mol. The Morgan fingerprint density at radius 3 is 2.48 bits per heavy atom. The number of alkyl halides is 2. The van der Waals surface area contributed by atoms with E-state index < -0.39 is 11.3 Å². The highest BCUT2D eigenvalue weighted by atomic mass is 19.3. The molecule has 0 atom stereocenters. The van der Waals surface area contributed by atoms with Gasteiger partial charge in [0.15, 0.2) is 5.69 Å². The highest BCUT2D eigenvalue weighted by Gasteiger charge is 2.70. The summed E-state index contributed by atoms with van der Waals surface area (Å²) in [4.78, 5) is 19.5. The molecule has 1 amide bonds. The molecule has 1 saturated carbocycles. The number of fused-ring (bicyclic) bond motifs is 1. The minimum absolute atomic E-state index is 0.0338. The second-order valence-electron chi connectivity index (χ2n) is 7.75. The molecule has 27 heavy (non-hydrogen) atoms. The number of amides is 1. The molecular formula is C20H21F2N3O2. The number of aromatic nitrogens is 2. The van der Waals surface area contributed by atoms with Crippen LogP contribution in [0.3, 0.4) is 0 Å². The van der Waals surface area contributed by atoms with Crippen LogP contribution in [0.1, 0.15) is 35.4 Å². The zero-order valence-electron chi connectivity index (χ0n) is 15.0. The molecule has 2 aliphatic heterocycles. The van der Waals surface area contributed by atoms with E-state index in [1.165, 1.54) is 0 Å². The standard InChI is InChI=1S/C20H21F2N3O2/c21-20(22)13-19(20)6-8-24(9-7-19)18(26)16-15-12-27-11-10-25(15)17(23-16)14-4-2-1-3-5-14/h1-5H,6-13H2. The molecule has 0 unspecified atom stereocenters. The molecule has 3 heterocycles. The van der Waals surface area contributed by atoms with Gasteiger partial charge in [-0.25, -0.2) is 13.8 Å². The van der Waals surface area contributed by atoms with Crippen LogP contribution in [0.4, 0.5) is 8.78 Å². The van der Waals surface area contributed by atoms with Crippen molar-refractivity contribution in [1.29, 1.82) is 0 Å². The Morgan fingerprint density at radius 2 is 1.81 bits per heavy atom. The molecule has 0 bridgehead atoms. The van der Waals surface area contributed by atoms with Gasteiger partial charge in [0, 0.05) is 37.0 Å². The monoisotopic (exact) mass is 373 g/mol. The van der Waals surface area contributed by atoms with E-state index in [0.717, 1.165) is 17.1 Å². The number of benzene rings is 1. The van der Waals surface area contributed by atoms with Crippen LogP contribution in [0, 0.1) is 5.41 Å². The zero-order chi connectivity index (χ0) is 18.6. The van der Waals surface area contributed by atoms with E-state index in [9.17, 15) is 13.6 Å². The number of piperidine rings is 1. The second-order valence-corrected chi connectivity index (χ2v) is 7.75. The molecule has 3 aliphatic rings. The van der Waals surface area contributed by atoms with Gasteiger partial charge in [-0.2, -0.15) is 0 Å². The predicted molar refractivity (Wildman–Crippen MR) is 94.5 cm³/mol. The number of ether oxygens (including phenoxy) is 1. The molecule has 0 radical (unpaired) electrons. The van der Waals surface area contributed by atoms with E-state index in [1.54, 1.807) is 4.90 Å². The Bertz CT molecular complexity index is 886. The van der Waals surface area contributed by atoms with Gasteiger partial charge in [-0.3, -0.25) is 4.79 Å². The van der Waals surface area contributed by atoms with Crippen molar-refractivity contribution in [2.45, 2.75) is 38.3 Å². The topological polar surface area (TPSA) is 47.4 Å². The van der Waals surface area contributed by atoms with Gasteiger partial charge in [-0.1, -0.05) is 30.3 Å². The van der Waals surface area contributed by atoms with E-state index in [2.05, 4.69) is 4.98 Å². The van der Waals surface area contributed by atoms with Crippen LogP contribution in [0.25, 0.3) is 11.4 Å². The summed E-state index contributed by atoms with van der Waals surface area (Å²) in [5, 5.41) is 0. The fourth-order valence-corrected chi connectivity index (χ4v) is 4.39. The molecule has 1 spiro atoms. The van der Waals surface area contributed by atoms with Crippen LogP contribution < -0.4 is 0 Å². The normalized spacial score (nSPS) is 22.5. The molecule has 7 heteroatoms. The maximum Gasteiger partial charge on any atom is 0.274 e. The van der Waals surface area contributed by atoms with Gasteiger partial charge < -0.3 is 14.2 Å². The van der Waals surface area contributed by atoms with Crippen LogP contribution in [-0.4, -0.2) is 46.0 Å². The first-order chi connectivity index (χ1) is 13.0. The van der Waals surface area contributed by atoms with Crippen LogP contribution >= 0.6 is 0 Å². The molecule has 0 N–H and O–H groups in total. The number of carbonyl (C=O) groups is 1. The Kier molecular flexibility index (Phi) is 3.66. The zero-order valence-corrected chi connectivity index (χ0v) is 15.0. The molecule has 1 aliphatic carbocycles.